The Bertz CT molecular complexity index is 571. The van der Waals surface area contributed by atoms with Crippen molar-refractivity contribution in [3.8, 4) is 17.2 Å². The first-order chi connectivity index (χ1) is 9.28. The zero-order valence-corrected chi connectivity index (χ0v) is 11.3. The number of hydrogen-bond donors (Lipinski definition) is 1. The molecule has 1 aromatic carbocycles. The molecule has 4 heteroatoms. The van der Waals surface area contributed by atoms with Crippen LogP contribution in [0.25, 0.3) is 11.5 Å². The molecule has 1 saturated heterocycles. The molecule has 0 amide bonds. The molecule has 19 heavy (non-hydrogen) atoms. The zero-order valence-electron chi connectivity index (χ0n) is 11.3. The van der Waals surface area contributed by atoms with Gasteiger partial charge >= 0.3 is 0 Å². The smallest absolute Gasteiger partial charge is 0.230 e. The lowest BCUT2D eigenvalue weighted by atomic mass is 10.1. The van der Waals surface area contributed by atoms with E-state index in [0.29, 0.717) is 11.9 Å². The standard InChI is InChI=1S/C15H18N2O2/c1-10-5-6-11(13(8-10)18-2)15-17-9-14(19-15)12-4-3-7-16-12/h5-6,8-9,12,16H,3-4,7H2,1-2H3. The molecule has 0 saturated carbocycles. The van der Waals surface area contributed by atoms with Crippen LogP contribution < -0.4 is 10.1 Å². The van der Waals surface area contributed by atoms with E-state index in [9.17, 15) is 0 Å². The minimum atomic E-state index is 0.303. The van der Waals surface area contributed by atoms with Crippen molar-refractivity contribution in [1.29, 1.82) is 0 Å². The Morgan fingerprint density at radius 1 is 1.42 bits per heavy atom. The van der Waals surface area contributed by atoms with Gasteiger partial charge in [-0.2, -0.15) is 0 Å². The summed E-state index contributed by atoms with van der Waals surface area (Å²) < 4.78 is 11.3. The average molecular weight is 258 g/mol. The van der Waals surface area contributed by atoms with Gasteiger partial charge in [-0.1, -0.05) is 6.07 Å². The summed E-state index contributed by atoms with van der Waals surface area (Å²) >= 11 is 0. The van der Waals surface area contributed by atoms with Gasteiger partial charge < -0.3 is 14.5 Å². The molecule has 3 rings (SSSR count). The number of rotatable bonds is 3. The first-order valence-electron chi connectivity index (χ1n) is 6.62. The molecule has 2 heterocycles. The molecule has 1 unspecified atom stereocenters. The summed E-state index contributed by atoms with van der Waals surface area (Å²) in [5.74, 6) is 2.34. The van der Waals surface area contributed by atoms with Crippen molar-refractivity contribution in [1.82, 2.24) is 10.3 Å². The molecule has 1 aromatic heterocycles. The molecule has 1 atom stereocenters. The lowest BCUT2D eigenvalue weighted by molar-refractivity contribution is 0.411. The summed E-state index contributed by atoms with van der Waals surface area (Å²) in [6.45, 7) is 3.09. The van der Waals surface area contributed by atoms with Gasteiger partial charge in [0, 0.05) is 0 Å². The number of benzene rings is 1. The molecule has 1 aliphatic heterocycles. The Morgan fingerprint density at radius 3 is 3.05 bits per heavy atom. The Labute approximate surface area is 112 Å². The van der Waals surface area contributed by atoms with Crippen LogP contribution in [0.2, 0.25) is 0 Å². The van der Waals surface area contributed by atoms with Gasteiger partial charge in [-0.15, -0.1) is 0 Å². The van der Waals surface area contributed by atoms with Crippen molar-refractivity contribution in [2.24, 2.45) is 0 Å². The molecule has 0 spiro atoms. The maximum Gasteiger partial charge on any atom is 0.230 e. The number of oxazole rings is 1. The minimum Gasteiger partial charge on any atom is -0.496 e. The van der Waals surface area contributed by atoms with Gasteiger partial charge in [-0.25, -0.2) is 4.98 Å². The van der Waals surface area contributed by atoms with Crippen LogP contribution in [0, 0.1) is 6.92 Å². The number of nitrogens with zero attached hydrogens (tertiary/aromatic N) is 1. The molecule has 2 aromatic rings. The molecule has 1 N–H and O–H groups in total. The molecule has 0 aliphatic carbocycles. The van der Waals surface area contributed by atoms with Crippen molar-refractivity contribution < 1.29 is 9.15 Å². The van der Waals surface area contributed by atoms with E-state index in [1.54, 1.807) is 7.11 Å². The summed E-state index contributed by atoms with van der Waals surface area (Å²) in [5.41, 5.74) is 2.06. The van der Waals surface area contributed by atoms with Crippen LogP contribution in [-0.4, -0.2) is 18.6 Å². The Kier molecular flexibility index (Phi) is 3.25. The molecule has 1 aliphatic rings. The third kappa shape index (κ3) is 2.36. The first-order valence-corrected chi connectivity index (χ1v) is 6.62. The van der Waals surface area contributed by atoms with Crippen LogP contribution in [0.4, 0.5) is 0 Å². The lowest BCUT2D eigenvalue weighted by Gasteiger charge is -2.07. The summed E-state index contributed by atoms with van der Waals surface area (Å²) in [6.07, 6.45) is 4.12. The molecule has 0 radical (unpaired) electrons. The van der Waals surface area contributed by atoms with Crippen molar-refractivity contribution in [2.45, 2.75) is 25.8 Å². The normalized spacial score (nSPS) is 18.7. The summed E-state index contributed by atoms with van der Waals surface area (Å²) in [6, 6.07) is 6.33. The first kappa shape index (κ1) is 12.2. The van der Waals surface area contributed by atoms with Gasteiger partial charge in [0.15, 0.2) is 0 Å². The predicted molar refractivity (Wildman–Crippen MR) is 73.2 cm³/mol. The number of hydrogen-bond acceptors (Lipinski definition) is 4. The monoisotopic (exact) mass is 258 g/mol. The van der Waals surface area contributed by atoms with Crippen molar-refractivity contribution >= 4 is 0 Å². The second kappa shape index (κ2) is 5.05. The Morgan fingerprint density at radius 2 is 2.32 bits per heavy atom. The van der Waals surface area contributed by atoms with E-state index < -0.39 is 0 Å². The second-order valence-electron chi connectivity index (χ2n) is 4.92. The van der Waals surface area contributed by atoms with Crippen LogP contribution in [0.5, 0.6) is 5.75 Å². The van der Waals surface area contributed by atoms with Crippen LogP contribution >= 0.6 is 0 Å². The van der Waals surface area contributed by atoms with Crippen LogP contribution in [0.1, 0.15) is 30.2 Å². The highest BCUT2D eigenvalue weighted by Gasteiger charge is 2.21. The number of nitrogens with one attached hydrogen (secondary N) is 1. The highest BCUT2D eigenvalue weighted by atomic mass is 16.5. The van der Waals surface area contributed by atoms with Gasteiger partial charge in [0.2, 0.25) is 5.89 Å². The van der Waals surface area contributed by atoms with Gasteiger partial charge in [-0.05, 0) is 44.0 Å². The molecular weight excluding hydrogens is 240 g/mol. The lowest BCUT2D eigenvalue weighted by Crippen LogP contribution is -2.11. The van der Waals surface area contributed by atoms with Crippen molar-refractivity contribution in [3.63, 3.8) is 0 Å². The van der Waals surface area contributed by atoms with E-state index in [-0.39, 0.29) is 0 Å². The maximum absolute atomic E-state index is 5.88. The van der Waals surface area contributed by atoms with Gasteiger partial charge in [0.05, 0.1) is 24.9 Å². The van der Waals surface area contributed by atoms with Crippen molar-refractivity contribution in [2.75, 3.05) is 13.7 Å². The predicted octanol–water partition coefficient (Wildman–Crippen LogP) is 3.08. The summed E-state index contributed by atoms with van der Waals surface area (Å²) in [5, 5.41) is 3.41. The highest BCUT2D eigenvalue weighted by molar-refractivity contribution is 5.63. The van der Waals surface area contributed by atoms with Gasteiger partial charge in [0.25, 0.3) is 0 Å². The van der Waals surface area contributed by atoms with E-state index in [2.05, 4.69) is 10.3 Å². The van der Waals surface area contributed by atoms with Crippen LogP contribution in [0.15, 0.2) is 28.8 Å². The molecule has 1 fully saturated rings. The fraction of sp³-hybridized carbons (Fsp3) is 0.400. The van der Waals surface area contributed by atoms with E-state index in [0.717, 1.165) is 35.6 Å². The fourth-order valence-corrected chi connectivity index (χ4v) is 2.47. The number of methoxy groups -OCH3 is 1. The molecule has 100 valence electrons. The highest BCUT2D eigenvalue weighted by Crippen LogP contribution is 2.32. The molecular formula is C15H18N2O2. The third-order valence-corrected chi connectivity index (χ3v) is 3.51. The van der Waals surface area contributed by atoms with E-state index >= 15 is 0 Å². The van der Waals surface area contributed by atoms with Gasteiger partial charge in [0.1, 0.15) is 11.5 Å². The largest absolute Gasteiger partial charge is 0.496 e. The second-order valence-corrected chi connectivity index (χ2v) is 4.92. The number of aromatic nitrogens is 1. The zero-order chi connectivity index (χ0) is 13.2. The van der Waals surface area contributed by atoms with E-state index in [1.807, 2.05) is 31.3 Å². The third-order valence-electron chi connectivity index (χ3n) is 3.51. The summed E-state index contributed by atoms with van der Waals surface area (Å²) in [7, 11) is 1.67. The summed E-state index contributed by atoms with van der Waals surface area (Å²) in [4.78, 5) is 4.38. The quantitative estimate of drug-likeness (QED) is 0.919. The van der Waals surface area contributed by atoms with E-state index in [4.69, 9.17) is 9.15 Å². The topological polar surface area (TPSA) is 47.3 Å². The Balaban J connectivity index is 1.93. The SMILES string of the molecule is COc1cc(C)ccc1-c1ncc(C2CCCN2)o1. The number of aryl methyl sites for hydroxylation is 1. The molecule has 4 nitrogen and oxygen atoms in total. The van der Waals surface area contributed by atoms with Crippen LogP contribution in [0.3, 0.4) is 0 Å². The minimum absolute atomic E-state index is 0.303. The maximum atomic E-state index is 5.88. The van der Waals surface area contributed by atoms with E-state index in [1.165, 1.54) is 6.42 Å². The van der Waals surface area contributed by atoms with Crippen molar-refractivity contribution in [3.05, 3.63) is 35.7 Å². The fourth-order valence-electron chi connectivity index (χ4n) is 2.47. The van der Waals surface area contributed by atoms with Gasteiger partial charge in [-0.3, -0.25) is 0 Å². The molecule has 0 bridgehead atoms. The number of ether oxygens (including phenoxy) is 1. The van der Waals surface area contributed by atoms with Crippen LogP contribution in [-0.2, 0) is 0 Å². The average Bonchev–Trinajstić information content (AvgIpc) is 3.09. The Hall–Kier alpha value is -1.81.